The van der Waals surface area contributed by atoms with Crippen LogP contribution in [0.25, 0.3) is 11.3 Å². The van der Waals surface area contributed by atoms with E-state index in [0.717, 1.165) is 47.9 Å². The standard InChI is InChI=1S/C23H28N6O/c1-5-20-16(4)24-11-12-29(20)23-26-14-21(30-23)17-7-6-8-18(13-17)27-22-25-10-9-19(28-22)15(2)3/h6-10,13-15,20,24H,4-5,11-12H2,1-3H3,(H,25,27,28). The predicted octanol–water partition coefficient (Wildman–Crippen LogP) is 4.70. The van der Waals surface area contributed by atoms with Gasteiger partial charge in [0.2, 0.25) is 5.95 Å². The lowest BCUT2D eigenvalue weighted by Crippen LogP contribution is -2.49. The van der Waals surface area contributed by atoms with Gasteiger partial charge in [-0.05, 0) is 30.5 Å². The minimum absolute atomic E-state index is 0.184. The predicted molar refractivity (Wildman–Crippen MR) is 120 cm³/mol. The Labute approximate surface area is 177 Å². The van der Waals surface area contributed by atoms with Crippen molar-refractivity contribution in [2.75, 3.05) is 23.3 Å². The Hall–Kier alpha value is -3.35. The maximum absolute atomic E-state index is 6.13. The van der Waals surface area contributed by atoms with Crippen LogP contribution in [-0.4, -0.2) is 34.1 Å². The molecule has 0 radical (unpaired) electrons. The summed E-state index contributed by atoms with van der Waals surface area (Å²) in [7, 11) is 0. The first-order chi connectivity index (χ1) is 14.5. The third kappa shape index (κ3) is 4.15. The van der Waals surface area contributed by atoms with Crippen molar-refractivity contribution in [2.45, 2.75) is 39.2 Å². The monoisotopic (exact) mass is 404 g/mol. The number of rotatable bonds is 6. The number of nitrogens with zero attached hydrogens (tertiary/aromatic N) is 4. The van der Waals surface area contributed by atoms with Crippen molar-refractivity contribution in [1.82, 2.24) is 20.3 Å². The second-order valence-corrected chi connectivity index (χ2v) is 7.74. The van der Waals surface area contributed by atoms with Crippen LogP contribution in [0, 0.1) is 0 Å². The number of nitrogens with one attached hydrogen (secondary N) is 2. The molecular formula is C23H28N6O. The number of benzene rings is 1. The van der Waals surface area contributed by atoms with E-state index in [1.807, 2.05) is 30.3 Å². The first-order valence-corrected chi connectivity index (χ1v) is 10.4. The molecular weight excluding hydrogens is 376 g/mol. The Morgan fingerprint density at radius 1 is 1.30 bits per heavy atom. The average molecular weight is 405 g/mol. The van der Waals surface area contributed by atoms with Crippen LogP contribution in [0.2, 0.25) is 0 Å². The Bertz CT molecular complexity index is 1030. The molecule has 30 heavy (non-hydrogen) atoms. The van der Waals surface area contributed by atoms with Crippen LogP contribution in [0.3, 0.4) is 0 Å². The number of piperazine rings is 1. The van der Waals surface area contributed by atoms with Crippen molar-refractivity contribution in [3.63, 3.8) is 0 Å². The van der Waals surface area contributed by atoms with Crippen molar-refractivity contribution < 1.29 is 4.42 Å². The van der Waals surface area contributed by atoms with Gasteiger partial charge in [-0.1, -0.05) is 39.5 Å². The Kier molecular flexibility index (Phi) is 5.70. The van der Waals surface area contributed by atoms with E-state index >= 15 is 0 Å². The summed E-state index contributed by atoms with van der Waals surface area (Å²) in [5, 5.41) is 6.62. The highest BCUT2D eigenvalue weighted by atomic mass is 16.4. The van der Waals surface area contributed by atoms with Gasteiger partial charge in [0.1, 0.15) is 0 Å². The fourth-order valence-electron chi connectivity index (χ4n) is 3.66. The molecule has 1 aromatic carbocycles. The van der Waals surface area contributed by atoms with Gasteiger partial charge in [0.25, 0.3) is 6.01 Å². The molecule has 0 aliphatic carbocycles. The quantitative estimate of drug-likeness (QED) is 0.616. The molecule has 1 atom stereocenters. The van der Waals surface area contributed by atoms with E-state index in [-0.39, 0.29) is 6.04 Å². The zero-order valence-electron chi connectivity index (χ0n) is 17.7. The summed E-state index contributed by atoms with van der Waals surface area (Å²) >= 11 is 0. The summed E-state index contributed by atoms with van der Waals surface area (Å²) in [6, 6.07) is 10.7. The molecule has 0 bridgehead atoms. The van der Waals surface area contributed by atoms with E-state index in [1.54, 1.807) is 12.4 Å². The van der Waals surface area contributed by atoms with Gasteiger partial charge in [-0.2, -0.15) is 0 Å². The van der Waals surface area contributed by atoms with Crippen molar-refractivity contribution in [3.8, 4) is 11.3 Å². The fraction of sp³-hybridized carbons (Fsp3) is 0.348. The zero-order valence-corrected chi connectivity index (χ0v) is 17.7. The minimum Gasteiger partial charge on any atom is -0.423 e. The van der Waals surface area contributed by atoms with Crippen molar-refractivity contribution in [2.24, 2.45) is 0 Å². The van der Waals surface area contributed by atoms with E-state index in [1.165, 1.54) is 0 Å². The number of anilines is 3. The molecule has 1 saturated heterocycles. The van der Waals surface area contributed by atoms with E-state index in [0.29, 0.717) is 17.9 Å². The molecule has 3 heterocycles. The molecule has 1 fully saturated rings. The number of hydrogen-bond acceptors (Lipinski definition) is 7. The smallest absolute Gasteiger partial charge is 0.298 e. The second-order valence-electron chi connectivity index (χ2n) is 7.74. The van der Waals surface area contributed by atoms with E-state index in [2.05, 4.69) is 57.8 Å². The highest BCUT2D eigenvalue weighted by molar-refractivity contribution is 5.66. The third-order valence-corrected chi connectivity index (χ3v) is 5.28. The SMILES string of the molecule is C=C1NCCN(c2ncc(-c3cccc(Nc4nccc(C(C)C)n4)c3)o2)C1CC. The van der Waals surface area contributed by atoms with E-state index in [9.17, 15) is 0 Å². The van der Waals surface area contributed by atoms with Gasteiger partial charge in [-0.3, -0.25) is 0 Å². The zero-order chi connectivity index (χ0) is 21.1. The lowest BCUT2D eigenvalue weighted by atomic mass is 10.1. The minimum atomic E-state index is 0.184. The van der Waals surface area contributed by atoms with Crippen LogP contribution in [0.15, 0.2) is 59.4 Å². The van der Waals surface area contributed by atoms with Gasteiger partial charge < -0.3 is 20.0 Å². The van der Waals surface area contributed by atoms with Crippen LogP contribution < -0.4 is 15.5 Å². The topological polar surface area (TPSA) is 79.1 Å². The molecule has 0 amide bonds. The fourth-order valence-corrected chi connectivity index (χ4v) is 3.66. The molecule has 4 rings (SSSR count). The van der Waals surface area contributed by atoms with E-state index in [4.69, 9.17) is 4.42 Å². The molecule has 7 heteroatoms. The third-order valence-electron chi connectivity index (χ3n) is 5.28. The molecule has 0 spiro atoms. The number of aromatic nitrogens is 3. The first-order valence-electron chi connectivity index (χ1n) is 10.4. The summed E-state index contributed by atoms with van der Waals surface area (Å²) in [6.07, 6.45) is 4.50. The van der Waals surface area contributed by atoms with Gasteiger partial charge in [-0.25, -0.2) is 15.0 Å². The first kappa shape index (κ1) is 19.9. The van der Waals surface area contributed by atoms with Crippen molar-refractivity contribution in [3.05, 3.63) is 60.7 Å². The number of hydrogen-bond donors (Lipinski definition) is 2. The molecule has 156 valence electrons. The van der Waals surface area contributed by atoms with Gasteiger partial charge in [0.05, 0.1) is 12.2 Å². The lowest BCUT2D eigenvalue weighted by Gasteiger charge is -2.36. The van der Waals surface area contributed by atoms with Gasteiger partial charge >= 0.3 is 0 Å². The molecule has 1 aliphatic heterocycles. The summed E-state index contributed by atoms with van der Waals surface area (Å²) in [4.78, 5) is 15.6. The molecule has 1 aliphatic rings. The Morgan fingerprint density at radius 2 is 2.17 bits per heavy atom. The van der Waals surface area contributed by atoms with Gasteiger partial charge in [0, 0.05) is 41.9 Å². The van der Waals surface area contributed by atoms with E-state index < -0.39 is 0 Å². The second kappa shape index (κ2) is 8.57. The molecule has 7 nitrogen and oxygen atoms in total. The van der Waals surface area contributed by atoms with Crippen LogP contribution >= 0.6 is 0 Å². The Morgan fingerprint density at radius 3 is 2.97 bits per heavy atom. The summed E-state index contributed by atoms with van der Waals surface area (Å²) in [5.41, 5.74) is 3.86. The highest BCUT2D eigenvalue weighted by Gasteiger charge is 2.27. The average Bonchev–Trinajstić information content (AvgIpc) is 3.24. The summed E-state index contributed by atoms with van der Waals surface area (Å²) in [5.74, 6) is 1.66. The van der Waals surface area contributed by atoms with Crippen molar-refractivity contribution in [1.29, 1.82) is 0 Å². The van der Waals surface area contributed by atoms with Crippen LogP contribution in [0.4, 0.5) is 17.7 Å². The normalized spacial score (nSPS) is 16.6. The van der Waals surface area contributed by atoms with Crippen molar-refractivity contribution >= 4 is 17.7 Å². The van der Waals surface area contributed by atoms with Gasteiger partial charge in [0.15, 0.2) is 5.76 Å². The highest BCUT2D eigenvalue weighted by Crippen LogP contribution is 2.30. The maximum Gasteiger partial charge on any atom is 0.298 e. The lowest BCUT2D eigenvalue weighted by molar-refractivity contribution is 0.470. The molecule has 2 aromatic heterocycles. The van der Waals surface area contributed by atoms with Crippen LogP contribution in [-0.2, 0) is 0 Å². The van der Waals surface area contributed by atoms with Crippen LogP contribution in [0.1, 0.15) is 38.8 Å². The molecule has 3 aromatic rings. The van der Waals surface area contributed by atoms with Gasteiger partial charge in [-0.15, -0.1) is 0 Å². The summed E-state index contributed by atoms with van der Waals surface area (Å²) in [6.45, 7) is 12.2. The molecule has 0 saturated carbocycles. The molecule has 1 unspecified atom stereocenters. The Balaban J connectivity index is 1.55. The maximum atomic E-state index is 6.13. The largest absolute Gasteiger partial charge is 0.423 e. The molecule has 2 N–H and O–H groups in total. The summed E-state index contributed by atoms with van der Waals surface area (Å²) < 4.78 is 6.13. The van der Waals surface area contributed by atoms with Crippen LogP contribution in [0.5, 0.6) is 0 Å². The number of oxazole rings is 1.